The smallest absolute Gasteiger partial charge is 0.858 e. The summed E-state index contributed by atoms with van der Waals surface area (Å²) in [5.41, 5.74) is 4.82. The molecule has 0 bridgehead atoms. The third-order valence-electron chi connectivity index (χ3n) is 5.00. The van der Waals surface area contributed by atoms with Crippen molar-refractivity contribution in [2.45, 2.75) is 35.9 Å². The second kappa shape index (κ2) is 11.0. The average molecular weight is 529 g/mol. The van der Waals surface area contributed by atoms with Crippen LogP contribution >= 0.6 is 0 Å². The Labute approximate surface area is 224 Å². The van der Waals surface area contributed by atoms with Crippen LogP contribution in [0.5, 0.6) is 5.88 Å². The number of rotatable bonds is 7. The predicted molar refractivity (Wildman–Crippen MR) is 123 cm³/mol. The van der Waals surface area contributed by atoms with Crippen molar-refractivity contribution in [1.29, 1.82) is 0 Å². The van der Waals surface area contributed by atoms with Gasteiger partial charge in [-0.2, -0.15) is 13.5 Å². The monoisotopic (exact) mass is 528 g/mol. The third kappa shape index (κ3) is 6.37. The van der Waals surface area contributed by atoms with Crippen molar-refractivity contribution >= 4 is 37.0 Å². The molecule has 0 aliphatic rings. The summed E-state index contributed by atoms with van der Waals surface area (Å²) < 4.78 is 58.1. The molecule has 3 N–H and O–H groups in total. The van der Waals surface area contributed by atoms with Crippen LogP contribution in [0.1, 0.15) is 18.1 Å². The van der Waals surface area contributed by atoms with Gasteiger partial charge >= 0.3 is 29.6 Å². The second-order valence-electron chi connectivity index (χ2n) is 7.30. The summed E-state index contributed by atoms with van der Waals surface area (Å²) >= 11 is 0. The molecule has 0 amide bonds. The van der Waals surface area contributed by atoms with Crippen LogP contribution in [-0.2, 0) is 32.3 Å². The van der Waals surface area contributed by atoms with Crippen molar-refractivity contribution in [2.24, 2.45) is 10.2 Å². The molecule has 35 heavy (non-hydrogen) atoms. The van der Waals surface area contributed by atoms with Crippen LogP contribution in [0, 0.1) is 6.92 Å². The minimum absolute atomic E-state index is 0. The Kier molecular flexibility index (Phi) is 9.03. The number of benzene rings is 2. The fourth-order valence-electron chi connectivity index (χ4n) is 3.19. The first kappa shape index (κ1) is 28.7. The van der Waals surface area contributed by atoms with Crippen LogP contribution in [0.2, 0.25) is 0 Å². The van der Waals surface area contributed by atoms with Crippen LogP contribution in [-0.4, -0.2) is 26.0 Å². The van der Waals surface area contributed by atoms with Crippen molar-refractivity contribution in [1.82, 2.24) is 4.57 Å². The van der Waals surface area contributed by atoms with Crippen molar-refractivity contribution < 1.29 is 56.1 Å². The van der Waals surface area contributed by atoms with Crippen molar-refractivity contribution in [3.05, 3.63) is 70.0 Å². The van der Waals surface area contributed by atoms with Gasteiger partial charge in [0.15, 0.2) is 0 Å². The molecule has 0 radical (unpaired) electrons. The Morgan fingerprint density at radius 1 is 0.971 bits per heavy atom. The summed E-state index contributed by atoms with van der Waals surface area (Å²) in [4.78, 5) is 12.5. The van der Waals surface area contributed by atoms with Crippen molar-refractivity contribution in [2.75, 3.05) is 5.73 Å². The van der Waals surface area contributed by atoms with Gasteiger partial charge in [-0.1, -0.05) is 0 Å². The number of hydrogen-bond acceptors (Lipinski definition) is 9. The average Bonchev–Trinajstić information content (AvgIpc) is 2.77. The summed E-state index contributed by atoms with van der Waals surface area (Å²) in [6.07, 6.45) is 0. The van der Waals surface area contributed by atoms with Gasteiger partial charge in [0.25, 0.3) is 15.7 Å². The fourth-order valence-corrected chi connectivity index (χ4v) is 5.15. The van der Waals surface area contributed by atoms with Gasteiger partial charge in [0, 0.05) is 17.8 Å². The minimum Gasteiger partial charge on any atom is -0.858 e. The number of nitrogen functional groups attached to an aromatic ring is 1. The number of azo groups is 1. The first-order valence-electron chi connectivity index (χ1n) is 9.86. The van der Waals surface area contributed by atoms with Crippen LogP contribution in [0.3, 0.4) is 0 Å². The normalized spacial score (nSPS) is 12.0. The summed E-state index contributed by atoms with van der Waals surface area (Å²) in [5, 5.41) is 20.5. The molecule has 0 unspecified atom stereocenters. The Morgan fingerprint density at radius 3 is 1.97 bits per heavy atom. The topological polar surface area (TPSA) is 184 Å². The first-order valence-corrected chi connectivity index (χ1v) is 12.9. The van der Waals surface area contributed by atoms with E-state index in [-0.39, 0.29) is 68.4 Å². The molecule has 0 spiro atoms. The molecular formula is C21H21N4NaO7S2. The van der Waals surface area contributed by atoms with E-state index < -0.39 is 37.1 Å². The standard InChI is InChI=1S/C21H22N4O7S2.Na/c1-3-25-20(26)18(12-33(28,29)30)13(2)19(21(25)27)24-23-15-6-10-17(11-7-15)34(31,32)16-8-4-14(22)5-9-16;/h4-11,27H,3,12,22H2,1-2H3,(H,28,29,30);/q;+1/p-1. The molecule has 1 heterocycles. The molecule has 0 atom stereocenters. The van der Waals surface area contributed by atoms with Crippen LogP contribution in [0.4, 0.5) is 17.1 Å². The molecule has 0 aliphatic carbocycles. The number of nitrogens with zero attached hydrogens (tertiary/aromatic N) is 3. The zero-order chi connectivity index (χ0) is 25.3. The Bertz CT molecular complexity index is 1530. The van der Waals surface area contributed by atoms with E-state index in [9.17, 15) is 31.3 Å². The molecule has 180 valence electrons. The maximum absolute atomic E-state index is 12.7. The van der Waals surface area contributed by atoms with Gasteiger partial charge in [0.2, 0.25) is 9.84 Å². The number of anilines is 1. The first-order chi connectivity index (χ1) is 15.8. The van der Waals surface area contributed by atoms with Gasteiger partial charge < -0.3 is 15.4 Å². The molecule has 3 aromatic rings. The van der Waals surface area contributed by atoms with Gasteiger partial charge in [-0.05, 0) is 73.8 Å². The predicted octanol–water partition coefficient (Wildman–Crippen LogP) is -0.528. The minimum atomic E-state index is -4.54. The van der Waals surface area contributed by atoms with E-state index in [0.717, 1.165) is 4.57 Å². The molecular weight excluding hydrogens is 507 g/mol. The molecule has 1 aromatic heterocycles. The fraction of sp³-hybridized carbons (Fsp3) is 0.190. The zero-order valence-electron chi connectivity index (χ0n) is 19.2. The maximum Gasteiger partial charge on any atom is 1.00 e. The molecule has 3 rings (SSSR count). The van der Waals surface area contributed by atoms with E-state index in [1.54, 1.807) is 0 Å². The van der Waals surface area contributed by atoms with Gasteiger partial charge in [-0.25, -0.2) is 8.42 Å². The van der Waals surface area contributed by atoms with Gasteiger partial charge in [0.05, 0.1) is 21.2 Å². The number of sulfone groups is 1. The Balaban J connectivity index is 0.00000432. The van der Waals surface area contributed by atoms with E-state index in [1.165, 1.54) is 62.4 Å². The zero-order valence-corrected chi connectivity index (χ0v) is 22.8. The quantitative estimate of drug-likeness (QED) is 0.177. The molecule has 14 heteroatoms. The number of pyridine rings is 1. The van der Waals surface area contributed by atoms with E-state index >= 15 is 0 Å². The van der Waals surface area contributed by atoms with E-state index in [4.69, 9.17) is 5.73 Å². The second-order valence-corrected chi connectivity index (χ2v) is 10.7. The number of aromatic nitrogens is 1. The maximum atomic E-state index is 12.7. The van der Waals surface area contributed by atoms with Gasteiger partial charge in [-0.3, -0.25) is 9.35 Å². The van der Waals surface area contributed by atoms with Crippen LogP contribution in [0.15, 0.2) is 73.3 Å². The third-order valence-corrected chi connectivity index (χ3v) is 7.44. The molecule has 0 aliphatic heterocycles. The van der Waals surface area contributed by atoms with Crippen LogP contribution < -0.4 is 46.0 Å². The van der Waals surface area contributed by atoms with Gasteiger partial charge in [0.1, 0.15) is 5.75 Å². The summed E-state index contributed by atoms with van der Waals surface area (Å²) in [5.74, 6) is -1.74. The number of nitrogens with two attached hydrogens (primary N) is 1. The summed E-state index contributed by atoms with van der Waals surface area (Å²) in [6, 6.07) is 11.1. The summed E-state index contributed by atoms with van der Waals surface area (Å²) in [6.45, 7) is 2.81. The Morgan fingerprint density at radius 2 is 1.49 bits per heavy atom. The molecule has 0 fully saturated rings. The largest absolute Gasteiger partial charge is 1.00 e. The van der Waals surface area contributed by atoms with E-state index in [0.29, 0.717) is 5.69 Å². The van der Waals surface area contributed by atoms with Crippen molar-refractivity contribution in [3.63, 3.8) is 0 Å². The van der Waals surface area contributed by atoms with Crippen LogP contribution in [0.25, 0.3) is 0 Å². The molecule has 0 saturated heterocycles. The van der Waals surface area contributed by atoms with E-state index in [2.05, 4.69) is 10.2 Å². The van der Waals surface area contributed by atoms with Crippen molar-refractivity contribution in [3.8, 4) is 5.88 Å². The molecule has 2 aromatic carbocycles. The van der Waals surface area contributed by atoms with Gasteiger partial charge in [-0.15, -0.1) is 5.11 Å². The molecule has 0 saturated carbocycles. The summed E-state index contributed by atoms with van der Waals surface area (Å²) in [7, 11) is -8.33. The Hall–Kier alpha value is -2.55. The SMILES string of the molecule is CCn1c([O-])c(N=Nc2ccc(S(=O)(=O)c3ccc(N)cc3)cc2)c(C)c(CS(=O)(=O)O)c1=O.[Na+]. The molecule has 11 nitrogen and oxygen atoms in total. The van der Waals surface area contributed by atoms with E-state index in [1.807, 2.05) is 0 Å². The number of hydrogen-bond donors (Lipinski definition) is 2.